The molecule has 0 bridgehead atoms. The van der Waals surface area contributed by atoms with Crippen LogP contribution < -0.4 is 10.1 Å². The predicted molar refractivity (Wildman–Crippen MR) is 69.0 cm³/mol. The Balaban J connectivity index is 2.35. The highest BCUT2D eigenvalue weighted by Crippen LogP contribution is 2.33. The molecule has 1 heterocycles. The maximum absolute atomic E-state index is 11.4. The van der Waals surface area contributed by atoms with Gasteiger partial charge in [-0.1, -0.05) is 19.1 Å². The van der Waals surface area contributed by atoms with Crippen molar-refractivity contribution in [2.24, 2.45) is 5.92 Å². The first-order valence-corrected chi connectivity index (χ1v) is 6.25. The molecule has 1 fully saturated rings. The number of methoxy groups -OCH3 is 1. The van der Waals surface area contributed by atoms with Crippen LogP contribution in [0.5, 0.6) is 5.75 Å². The second kappa shape index (κ2) is 5.30. The van der Waals surface area contributed by atoms with E-state index in [2.05, 4.69) is 5.32 Å². The van der Waals surface area contributed by atoms with Crippen LogP contribution in [0.25, 0.3) is 0 Å². The van der Waals surface area contributed by atoms with Crippen LogP contribution in [0.3, 0.4) is 0 Å². The van der Waals surface area contributed by atoms with Crippen LogP contribution in [0.15, 0.2) is 18.2 Å². The Morgan fingerprint density at radius 2 is 2.26 bits per heavy atom. The number of nitrogens with one attached hydrogen (secondary N) is 1. The molecule has 2 atom stereocenters. The van der Waals surface area contributed by atoms with Gasteiger partial charge < -0.3 is 15.2 Å². The summed E-state index contributed by atoms with van der Waals surface area (Å²) in [5.74, 6) is -1.09. The van der Waals surface area contributed by atoms with E-state index in [9.17, 15) is 14.7 Å². The van der Waals surface area contributed by atoms with Gasteiger partial charge >= 0.3 is 5.97 Å². The van der Waals surface area contributed by atoms with Gasteiger partial charge in [-0.05, 0) is 23.6 Å². The molecular formula is C14H17NO4. The third-order valence-corrected chi connectivity index (χ3v) is 3.49. The standard InChI is InChI=1S/C14H17NO4/c1-3-8-6-9(4-5-11(8)19-2)13-10(14(17)18)7-12(16)15-13/h4-6,10,13H,3,7H2,1-2H3,(H,15,16)(H,17,18). The van der Waals surface area contributed by atoms with Crippen molar-refractivity contribution in [3.05, 3.63) is 29.3 Å². The summed E-state index contributed by atoms with van der Waals surface area (Å²) >= 11 is 0. The second-order valence-electron chi connectivity index (χ2n) is 4.62. The normalized spacial score (nSPS) is 22.1. The number of carbonyl (C=O) groups is 2. The average molecular weight is 263 g/mol. The van der Waals surface area contributed by atoms with E-state index in [4.69, 9.17) is 4.74 Å². The number of carboxylic acid groups (broad SMARTS) is 1. The Hall–Kier alpha value is -2.04. The molecule has 5 nitrogen and oxygen atoms in total. The molecule has 2 unspecified atom stereocenters. The number of aliphatic carboxylic acids is 1. The molecule has 1 amide bonds. The number of carbonyl (C=O) groups excluding carboxylic acids is 1. The van der Waals surface area contributed by atoms with Gasteiger partial charge in [0.15, 0.2) is 0 Å². The molecule has 1 aromatic rings. The molecule has 2 N–H and O–H groups in total. The molecule has 0 aromatic heterocycles. The number of amides is 1. The fraction of sp³-hybridized carbons (Fsp3) is 0.429. The van der Waals surface area contributed by atoms with Crippen molar-refractivity contribution in [2.45, 2.75) is 25.8 Å². The van der Waals surface area contributed by atoms with Crippen LogP contribution in [-0.2, 0) is 16.0 Å². The number of aryl methyl sites for hydroxylation is 1. The van der Waals surface area contributed by atoms with Gasteiger partial charge in [0.2, 0.25) is 5.91 Å². The zero-order valence-corrected chi connectivity index (χ0v) is 11.0. The lowest BCUT2D eigenvalue weighted by atomic mass is 9.92. The van der Waals surface area contributed by atoms with E-state index < -0.39 is 17.9 Å². The summed E-state index contributed by atoms with van der Waals surface area (Å²) < 4.78 is 5.25. The van der Waals surface area contributed by atoms with E-state index in [0.29, 0.717) is 0 Å². The first kappa shape index (κ1) is 13.4. The summed E-state index contributed by atoms with van der Waals surface area (Å²) in [7, 11) is 1.60. The minimum absolute atomic E-state index is 0.0352. The smallest absolute Gasteiger partial charge is 0.309 e. The lowest BCUT2D eigenvalue weighted by Crippen LogP contribution is -2.24. The van der Waals surface area contributed by atoms with Crippen molar-refractivity contribution >= 4 is 11.9 Å². The Morgan fingerprint density at radius 3 is 2.84 bits per heavy atom. The highest BCUT2D eigenvalue weighted by atomic mass is 16.5. The largest absolute Gasteiger partial charge is 0.496 e. The third-order valence-electron chi connectivity index (χ3n) is 3.49. The van der Waals surface area contributed by atoms with E-state index in [0.717, 1.165) is 23.3 Å². The Bertz CT molecular complexity index is 512. The zero-order valence-electron chi connectivity index (χ0n) is 11.0. The van der Waals surface area contributed by atoms with Crippen LogP contribution in [0, 0.1) is 5.92 Å². The van der Waals surface area contributed by atoms with E-state index in [1.165, 1.54) is 0 Å². The van der Waals surface area contributed by atoms with Gasteiger partial charge in [0, 0.05) is 6.42 Å². The molecule has 2 rings (SSSR count). The van der Waals surface area contributed by atoms with Gasteiger partial charge in [0.25, 0.3) is 0 Å². The van der Waals surface area contributed by atoms with Crippen molar-refractivity contribution in [2.75, 3.05) is 7.11 Å². The van der Waals surface area contributed by atoms with Crippen molar-refractivity contribution in [3.8, 4) is 5.75 Å². The lowest BCUT2D eigenvalue weighted by Gasteiger charge is -2.17. The first-order valence-electron chi connectivity index (χ1n) is 6.25. The predicted octanol–water partition coefficient (Wildman–Crippen LogP) is 1.52. The van der Waals surface area contributed by atoms with Crippen molar-refractivity contribution in [1.82, 2.24) is 5.32 Å². The second-order valence-corrected chi connectivity index (χ2v) is 4.62. The number of hydrogen-bond donors (Lipinski definition) is 2. The number of benzene rings is 1. The van der Waals surface area contributed by atoms with Crippen LogP contribution in [-0.4, -0.2) is 24.1 Å². The molecule has 1 aliphatic heterocycles. The molecule has 1 saturated heterocycles. The Labute approximate surface area is 111 Å². The van der Waals surface area contributed by atoms with Crippen molar-refractivity contribution < 1.29 is 19.4 Å². The fourth-order valence-corrected chi connectivity index (χ4v) is 2.46. The first-order chi connectivity index (χ1) is 9.06. The van der Waals surface area contributed by atoms with Crippen LogP contribution in [0.4, 0.5) is 0 Å². The summed E-state index contributed by atoms with van der Waals surface area (Å²) in [6.07, 6.45) is 0.822. The number of rotatable bonds is 4. The monoisotopic (exact) mass is 263 g/mol. The average Bonchev–Trinajstić information content (AvgIpc) is 2.80. The minimum Gasteiger partial charge on any atom is -0.496 e. The molecule has 5 heteroatoms. The van der Waals surface area contributed by atoms with Crippen molar-refractivity contribution in [3.63, 3.8) is 0 Å². The zero-order chi connectivity index (χ0) is 14.0. The molecule has 0 saturated carbocycles. The van der Waals surface area contributed by atoms with Crippen LogP contribution in [0.1, 0.15) is 30.5 Å². The van der Waals surface area contributed by atoms with E-state index in [-0.39, 0.29) is 12.3 Å². The summed E-state index contributed by atoms with van der Waals surface area (Å²) in [6.45, 7) is 2.00. The molecule has 1 aliphatic rings. The van der Waals surface area contributed by atoms with E-state index in [1.54, 1.807) is 7.11 Å². The summed E-state index contributed by atoms with van der Waals surface area (Å²) in [4.78, 5) is 22.6. The van der Waals surface area contributed by atoms with Gasteiger partial charge in [-0.25, -0.2) is 0 Å². The maximum Gasteiger partial charge on any atom is 0.309 e. The molecule has 0 radical (unpaired) electrons. The number of carboxylic acids is 1. The molecule has 1 aromatic carbocycles. The highest BCUT2D eigenvalue weighted by Gasteiger charge is 2.38. The summed E-state index contributed by atoms with van der Waals surface area (Å²) in [6, 6.07) is 5.08. The molecular weight excluding hydrogens is 246 g/mol. The van der Waals surface area contributed by atoms with Gasteiger partial charge in [0.05, 0.1) is 19.1 Å². The summed E-state index contributed by atoms with van der Waals surface area (Å²) in [5.41, 5.74) is 1.82. The van der Waals surface area contributed by atoms with Gasteiger partial charge in [0.1, 0.15) is 5.75 Å². The molecule has 0 aliphatic carbocycles. The van der Waals surface area contributed by atoms with Gasteiger partial charge in [-0.15, -0.1) is 0 Å². The quantitative estimate of drug-likeness (QED) is 0.863. The van der Waals surface area contributed by atoms with E-state index in [1.807, 2.05) is 25.1 Å². The third kappa shape index (κ3) is 2.54. The highest BCUT2D eigenvalue weighted by molar-refractivity contribution is 5.87. The molecule has 0 spiro atoms. The Kier molecular flexibility index (Phi) is 3.74. The Morgan fingerprint density at radius 1 is 1.53 bits per heavy atom. The number of hydrogen-bond acceptors (Lipinski definition) is 3. The fourth-order valence-electron chi connectivity index (χ4n) is 2.46. The number of ether oxygens (including phenoxy) is 1. The summed E-state index contributed by atoms with van der Waals surface area (Å²) in [5, 5.41) is 11.9. The maximum atomic E-state index is 11.4. The topological polar surface area (TPSA) is 75.6 Å². The minimum atomic E-state index is -0.947. The van der Waals surface area contributed by atoms with E-state index >= 15 is 0 Å². The lowest BCUT2D eigenvalue weighted by molar-refractivity contribution is -0.142. The van der Waals surface area contributed by atoms with Crippen LogP contribution >= 0.6 is 0 Å². The van der Waals surface area contributed by atoms with Crippen LogP contribution in [0.2, 0.25) is 0 Å². The SMILES string of the molecule is CCc1cc(C2NC(=O)CC2C(=O)O)ccc1OC. The van der Waals surface area contributed by atoms with Crippen molar-refractivity contribution in [1.29, 1.82) is 0 Å². The molecule has 19 heavy (non-hydrogen) atoms. The van der Waals surface area contributed by atoms with Gasteiger partial charge in [-0.2, -0.15) is 0 Å². The van der Waals surface area contributed by atoms with Gasteiger partial charge in [-0.3, -0.25) is 9.59 Å². The molecule has 102 valence electrons.